The van der Waals surface area contributed by atoms with Crippen LogP contribution in [0.15, 0.2) is 36.4 Å². The number of aromatic carboxylic acids is 1. The third kappa shape index (κ3) is 1.93. The lowest BCUT2D eigenvalue weighted by Crippen LogP contribution is -1.98. The predicted molar refractivity (Wildman–Crippen MR) is 75.7 cm³/mol. The maximum atomic E-state index is 11.4. The topological polar surface area (TPSA) is 78.9 Å². The number of H-pyrrole nitrogens is 1. The van der Waals surface area contributed by atoms with Crippen molar-refractivity contribution in [3.63, 3.8) is 0 Å². The molecule has 0 aliphatic rings. The van der Waals surface area contributed by atoms with Crippen LogP contribution in [0.4, 0.5) is 0 Å². The Morgan fingerprint density at radius 3 is 2.65 bits per heavy atom. The molecule has 0 aliphatic carbocycles. The number of benzene rings is 2. The van der Waals surface area contributed by atoms with E-state index in [1.807, 2.05) is 31.2 Å². The summed E-state index contributed by atoms with van der Waals surface area (Å²) in [7, 11) is 0. The van der Waals surface area contributed by atoms with E-state index in [4.69, 9.17) is 0 Å². The van der Waals surface area contributed by atoms with Crippen LogP contribution in [0.5, 0.6) is 0 Å². The van der Waals surface area contributed by atoms with Crippen LogP contribution in [0.1, 0.15) is 23.1 Å². The molecule has 0 saturated heterocycles. The van der Waals surface area contributed by atoms with Crippen molar-refractivity contribution in [2.45, 2.75) is 13.3 Å². The first-order valence-electron chi connectivity index (χ1n) is 6.37. The van der Waals surface area contributed by atoms with Gasteiger partial charge < -0.3 is 5.11 Å². The van der Waals surface area contributed by atoms with Gasteiger partial charge in [0.25, 0.3) is 0 Å². The minimum Gasteiger partial charge on any atom is -0.478 e. The lowest BCUT2D eigenvalue weighted by atomic mass is 9.99. The molecule has 100 valence electrons. The fourth-order valence-electron chi connectivity index (χ4n) is 2.28. The van der Waals surface area contributed by atoms with Gasteiger partial charge in [-0.1, -0.05) is 37.3 Å². The summed E-state index contributed by atoms with van der Waals surface area (Å²) in [6, 6.07) is 10.8. The van der Waals surface area contributed by atoms with Gasteiger partial charge in [-0.25, -0.2) is 9.78 Å². The number of nitrogens with zero attached hydrogens (tertiary/aromatic N) is 2. The molecule has 0 atom stereocenters. The SMILES string of the molecule is CCc1nc(-c2cccc3cccc(C(=O)O)c23)n[nH]1. The van der Waals surface area contributed by atoms with E-state index in [2.05, 4.69) is 15.2 Å². The summed E-state index contributed by atoms with van der Waals surface area (Å²) in [6.07, 6.45) is 0.754. The minimum atomic E-state index is -0.950. The summed E-state index contributed by atoms with van der Waals surface area (Å²) < 4.78 is 0. The number of nitrogens with one attached hydrogen (secondary N) is 1. The third-order valence-electron chi connectivity index (χ3n) is 3.24. The highest BCUT2D eigenvalue weighted by molar-refractivity contribution is 6.09. The van der Waals surface area contributed by atoms with E-state index in [9.17, 15) is 9.90 Å². The van der Waals surface area contributed by atoms with E-state index in [1.165, 1.54) is 0 Å². The molecule has 1 aromatic heterocycles. The molecule has 2 aromatic carbocycles. The average Bonchev–Trinajstić information content (AvgIpc) is 2.94. The molecule has 0 amide bonds. The molecule has 20 heavy (non-hydrogen) atoms. The smallest absolute Gasteiger partial charge is 0.336 e. The van der Waals surface area contributed by atoms with Gasteiger partial charge in [-0.05, 0) is 11.5 Å². The summed E-state index contributed by atoms with van der Waals surface area (Å²) in [6.45, 7) is 1.98. The summed E-state index contributed by atoms with van der Waals surface area (Å²) in [5.74, 6) is 0.361. The Morgan fingerprint density at radius 1 is 1.25 bits per heavy atom. The number of rotatable bonds is 3. The number of fused-ring (bicyclic) bond motifs is 1. The Bertz CT molecular complexity index is 787. The van der Waals surface area contributed by atoms with Crippen molar-refractivity contribution in [2.75, 3.05) is 0 Å². The standard InChI is InChI=1S/C15H13N3O2/c1-2-12-16-14(18-17-12)10-7-3-5-9-6-4-8-11(13(9)10)15(19)20/h3-8H,2H2,1H3,(H,19,20)(H,16,17,18). The monoisotopic (exact) mass is 267 g/mol. The fourth-order valence-corrected chi connectivity index (χ4v) is 2.28. The first kappa shape index (κ1) is 12.3. The van der Waals surface area contributed by atoms with Crippen molar-refractivity contribution in [2.24, 2.45) is 0 Å². The average molecular weight is 267 g/mol. The summed E-state index contributed by atoms with van der Waals surface area (Å²) in [5.41, 5.74) is 0.998. The zero-order chi connectivity index (χ0) is 14.1. The van der Waals surface area contributed by atoms with Crippen molar-refractivity contribution in [1.29, 1.82) is 0 Å². The van der Waals surface area contributed by atoms with Gasteiger partial charge in [0.1, 0.15) is 5.82 Å². The van der Waals surface area contributed by atoms with Gasteiger partial charge >= 0.3 is 5.97 Å². The highest BCUT2D eigenvalue weighted by atomic mass is 16.4. The summed E-state index contributed by atoms with van der Waals surface area (Å²) >= 11 is 0. The largest absolute Gasteiger partial charge is 0.478 e. The Morgan fingerprint density at radius 2 is 2.00 bits per heavy atom. The van der Waals surface area contributed by atoms with Crippen LogP contribution in [-0.2, 0) is 6.42 Å². The van der Waals surface area contributed by atoms with Gasteiger partial charge in [-0.3, -0.25) is 5.10 Å². The van der Waals surface area contributed by atoms with Crippen LogP contribution in [0, 0.1) is 0 Å². The minimum absolute atomic E-state index is 0.265. The lowest BCUT2D eigenvalue weighted by Gasteiger charge is -2.06. The predicted octanol–water partition coefficient (Wildman–Crippen LogP) is 2.89. The number of hydrogen-bond acceptors (Lipinski definition) is 3. The highest BCUT2D eigenvalue weighted by Crippen LogP contribution is 2.29. The molecule has 2 N–H and O–H groups in total. The van der Waals surface area contributed by atoms with Gasteiger partial charge in [-0.2, -0.15) is 5.10 Å². The van der Waals surface area contributed by atoms with Crippen molar-refractivity contribution >= 4 is 16.7 Å². The molecule has 0 bridgehead atoms. The van der Waals surface area contributed by atoms with E-state index in [0.717, 1.165) is 23.2 Å². The molecule has 1 heterocycles. The molecule has 0 spiro atoms. The van der Waals surface area contributed by atoms with E-state index in [0.29, 0.717) is 11.2 Å². The molecule has 3 rings (SSSR count). The Kier molecular flexibility index (Phi) is 2.95. The summed E-state index contributed by atoms with van der Waals surface area (Å²) in [4.78, 5) is 15.8. The van der Waals surface area contributed by atoms with Crippen LogP contribution in [0.2, 0.25) is 0 Å². The molecule has 0 unspecified atom stereocenters. The zero-order valence-electron chi connectivity index (χ0n) is 10.9. The molecular weight excluding hydrogens is 254 g/mol. The van der Waals surface area contributed by atoms with Crippen LogP contribution in [0.25, 0.3) is 22.2 Å². The van der Waals surface area contributed by atoms with Crippen LogP contribution in [-0.4, -0.2) is 26.3 Å². The number of hydrogen-bond donors (Lipinski definition) is 2. The second-order valence-corrected chi connectivity index (χ2v) is 4.47. The first-order valence-corrected chi connectivity index (χ1v) is 6.37. The number of aryl methyl sites for hydroxylation is 1. The second-order valence-electron chi connectivity index (χ2n) is 4.47. The molecule has 3 aromatic rings. The van der Waals surface area contributed by atoms with Crippen LogP contribution < -0.4 is 0 Å². The van der Waals surface area contributed by atoms with Gasteiger partial charge in [0.05, 0.1) is 5.56 Å². The van der Waals surface area contributed by atoms with Gasteiger partial charge in [0.15, 0.2) is 5.82 Å². The zero-order valence-corrected chi connectivity index (χ0v) is 10.9. The summed E-state index contributed by atoms with van der Waals surface area (Å²) in [5, 5.41) is 17.9. The van der Waals surface area contributed by atoms with Crippen molar-refractivity contribution < 1.29 is 9.90 Å². The molecule has 5 heteroatoms. The quantitative estimate of drug-likeness (QED) is 0.764. The second kappa shape index (κ2) is 4.77. The van der Waals surface area contributed by atoms with Crippen molar-refractivity contribution in [1.82, 2.24) is 15.2 Å². The Balaban J connectivity index is 2.32. The Labute approximate surface area is 115 Å². The van der Waals surface area contributed by atoms with E-state index in [1.54, 1.807) is 12.1 Å². The van der Waals surface area contributed by atoms with Crippen LogP contribution in [0.3, 0.4) is 0 Å². The maximum absolute atomic E-state index is 11.4. The van der Waals surface area contributed by atoms with E-state index >= 15 is 0 Å². The van der Waals surface area contributed by atoms with Crippen molar-refractivity contribution in [3.8, 4) is 11.4 Å². The lowest BCUT2D eigenvalue weighted by molar-refractivity contribution is 0.0699. The Hall–Kier alpha value is -2.69. The van der Waals surface area contributed by atoms with E-state index in [-0.39, 0.29) is 5.56 Å². The number of aromatic amines is 1. The molecule has 5 nitrogen and oxygen atoms in total. The highest BCUT2D eigenvalue weighted by Gasteiger charge is 2.15. The van der Waals surface area contributed by atoms with E-state index < -0.39 is 5.97 Å². The number of carbonyl (C=O) groups is 1. The molecule has 0 fully saturated rings. The van der Waals surface area contributed by atoms with Gasteiger partial charge in [-0.15, -0.1) is 0 Å². The van der Waals surface area contributed by atoms with Gasteiger partial charge in [0, 0.05) is 17.4 Å². The number of aromatic nitrogens is 3. The molecule has 0 radical (unpaired) electrons. The van der Waals surface area contributed by atoms with Gasteiger partial charge in [0.2, 0.25) is 0 Å². The number of carboxylic acids is 1. The maximum Gasteiger partial charge on any atom is 0.336 e. The molecule has 0 saturated carbocycles. The first-order chi connectivity index (χ1) is 9.70. The molecule has 0 aliphatic heterocycles. The fraction of sp³-hybridized carbons (Fsp3) is 0.133. The normalized spacial score (nSPS) is 10.8. The molecular formula is C15H13N3O2. The third-order valence-corrected chi connectivity index (χ3v) is 3.24. The van der Waals surface area contributed by atoms with Crippen LogP contribution >= 0.6 is 0 Å². The number of carboxylic acid groups (broad SMARTS) is 1. The van der Waals surface area contributed by atoms with Crippen molar-refractivity contribution in [3.05, 3.63) is 47.8 Å².